The SMILES string of the molecule is CCNC(=O)c1cc(NC2COc3ccccc32)ccn1. The number of para-hydroxylation sites is 1. The van der Waals surface area contributed by atoms with Gasteiger partial charge >= 0.3 is 0 Å². The molecule has 5 nitrogen and oxygen atoms in total. The average molecular weight is 283 g/mol. The summed E-state index contributed by atoms with van der Waals surface area (Å²) < 4.78 is 5.64. The summed E-state index contributed by atoms with van der Waals surface area (Å²) >= 11 is 0. The summed E-state index contributed by atoms with van der Waals surface area (Å²) in [7, 11) is 0. The number of fused-ring (bicyclic) bond motifs is 1. The number of nitrogens with zero attached hydrogens (tertiary/aromatic N) is 1. The number of amides is 1. The van der Waals surface area contributed by atoms with Gasteiger partial charge in [-0.3, -0.25) is 9.78 Å². The molecule has 2 aromatic rings. The molecule has 21 heavy (non-hydrogen) atoms. The number of hydrogen-bond acceptors (Lipinski definition) is 4. The van der Waals surface area contributed by atoms with Gasteiger partial charge in [-0.2, -0.15) is 0 Å². The first-order valence-corrected chi connectivity index (χ1v) is 7.00. The molecule has 1 amide bonds. The molecule has 108 valence electrons. The molecule has 2 N–H and O–H groups in total. The normalized spacial score (nSPS) is 16.0. The van der Waals surface area contributed by atoms with Crippen LogP contribution >= 0.6 is 0 Å². The molecule has 0 spiro atoms. The van der Waals surface area contributed by atoms with Crippen molar-refractivity contribution in [2.75, 3.05) is 18.5 Å². The summed E-state index contributed by atoms with van der Waals surface area (Å²) in [4.78, 5) is 15.9. The third-order valence-corrected chi connectivity index (χ3v) is 3.37. The van der Waals surface area contributed by atoms with Crippen molar-refractivity contribution in [3.05, 3.63) is 53.9 Å². The number of benzene rings is 1. The summed E-state index contributed by atoms with van der Waals surface area (Å²) in [5.41, 5.74) is 2.40. The molecule has 0 aliphatic carbocycles. The lowest BCUT2D eigenvalue weighted by Gasteiger charge is -2.13. The van der Waals surface area contributed by atoms with E-state index in [2.05, 4.69) is 15.6 Å². The van der Waals surface area contributed by atoms with E-state index in [1.165, 1.54) is 0 Å². The van der Waals surface area contributed by atoms with Gasteiger partial charge in [0.2, 0.25) is 0 Å². The fraction of sp³-hybridized carbons (Fsp3) is 0.250. The van der Waals surface area contributed by atoms with Gasteiger partial charge in [-0.1, -0.05) is 18.2 Å². The lowest BCUT2D eigenvalue weighted by Crippen LogP contribution is -2.23. The molecule has 1 aliphatic heterocycles. The largest absolute Gasteiger partial charge is 0.491 e. The van der Waals surface area contributed by atoms with Gasteiger partial charge in [-0.25, -0.2) is 0 Å². The van der Waals surface area contributed by atoms with E-state index in [1.807, 2.05) is 37.3 Å². The third-order valence-electron chi connectivity index (χ3n) is 3.37. The molecule has 0 radical (unpaired) electrons. The fourth-order valence-electron chi connectivity index (χ4n) is 2.38. The van der Waals surface area contributed by atoms with Crippen LogP contribution in [0.2, 0.25) is 0 Å². The van der Waals surface area contributed by atoms with Gasteiger partial charge in [0.25, 0.3) is 5.91 Å². The first-order chi connectivity index (χ1) is 10.3. The minimum atomic E-state index is -0.163. The van der Waals surface area contributed by atoms with E-state index in [0.29, 0.717) is 18.8 Å². The van der Waals surface area contributed by atoms with E-state index >= 15 is 0 Å². The van der Waals surface area contributed by atoms with Gasteiger partial charge < -0.3 is 15.4 Å². The molecular formula is C16H17N3O2. The van der Waals surface area contributed by atoms with Crippen LogP contribution in [0.15, 0.2) is 42.6 Å². The van der Waals surface area contributed by atoms with Gasteiger partial charge in [0, 0.05) is 24.0 Å². The summed E-state index contributed by atoms with van der Waals surface area (Å²) in [5, 5.41) is 6.13. The molecule has 1 aromatic carbocycles. The summed E-state index contributed by atoms with van der Waals surface area (Å²) in [6.07, 6.45) is 1.63. The molecule has 0 saturated carbocycles. The molecular weight excluding hydrogens is 266 g/mol. The minimum Gasteiger partial charge on any atom is -0.491 e. The zero-order chi connectivity index (χ0) is 14.7. The monoisotopic (exact) mass is 283 g/mol. The molecule has 1 aliphatic rings. The maximum absolute atomic E-state index is 11.8. The van der Waals surface area contributed by atoms with Crippen LogP contribution < -0.4 is 15.4 Å². The average Bonchev–Trinajstić information content (AvgIpc) is 2.91. The number of aromatic nitrogens is 1. The lowest BCUT2D eigenvalue weighted by molar-refractivity contribution is 0.0951. The Morgan fingerprint density at radius 3 is 3.10 bits per heavy atom. The Kier molecular flexibility index (Phi) is 3.73. The predicted molar refractivity (Wildman–Crippen MR) is 80.5 cm³/mol. The van der Waals surface area contributed by atoms with E-state index in [4.69, 9.17) is 4.74 Å². The van der Waals surface area contributed by atoms with Crippen LogP contribution in [-0.2, 0) is 0 Å². The number of rotatable bonds is 4. The molecule has 1 aromatic heterocycles. The predicted octanol–water partition coefficient (Wildman–Crippen LogP) is 2.38. The van der Waals surface area contributed by atoms with E-state index < -0.39 is 0 Å². The number of ether oxygens (including phenoxy) is 1. The number of pyridine rings is 1. The Hall–Kier alpha value is -2.56. The number of hydrogen-bond donors (Lipinski definition) is 2. The van der Waals surface area contributed by atoms with E-state index in [0.717, 1.165) is 17.0 Å². The second kappa shape index (κ2) is 5.83. The Morgan fingerprint density at radius 1 is 1.38 bits per heavy atom. The number of carbonyl (C=O) groups excluding carboxylic acids is 1. The van der Waals surface area contributed by atoms with Crippen molar-refractivity contribution in [3.8, 4) is 5.75 Å². The number of carbonyl (C=O) groups is 1. The molecule has 3 rings (SSSR count). The van der Waals surface area contributed by atoms with E-state index in [-0.39, 0.29) is 11.9 Å². The second-order valence-electron chi connectivity index (χ2n) is 4.83. The lowest BCUT2D eigenvalue weighted by atomic mass is 10.1. The van der Waals surface area contributed by atoms with Crippen molar-refractivity contribution in [3.63, 3.8) is 0 Å². The third kappa shape index (κ3) is 2.81. The molecule has 5 heteroatoms. The molecule has 1 atom stereocenters. The van der Waals surface area contributed by atoms with Crippen LogP contribution in [0.3, 0.4) is 0 Å². The number of anilines is 1. The van der Waals surface area contributed by atoms with Crippen molar-refractivity contribution in [1.29, 1.82) is 0 Å². The zero-order valence-corrected chi connectivity index (χ0v) is 11.8. The Morgan fingerprint density at radius 2 is 2.24 bits per heavy atom. The maximum atomic E-state index is 11.8. The van der Waals surface area contributed by atoms with Gasteiger partial charge in [0.05, 0.1) is 6.04 Å². The first kappa shape index (κ1) is 13.4. The van der Waals surface area contributed by atoms with Crippen LogP contribution in [0.1, 0.15) is 29.0 Å². The summed E-state index contributed by atoms with van der Waals surface area (Å²) in [6.45, 7) is 3.05. The highest BCUT2D eigenvalue weighted by atomic mass is 16.5. The Bertz CT molecular complexity index is 657. The van der Waals surface area contributed by atoms with E-state index in [9.17, 15) is 4.79 Å². The van der Waals surface area contributed by atoms with Gasteiger partial charge in [0.1, 0.15) is 18.1 Å². The quantitative estimate of drug-likeness (QED) is 0.904. The first-order valence-electron chi connectivity index (χ1n) is 7.00. The van der Waals surface area contributed by atoms with Crippen LogP contribution in [0.5, 0.6) is 5.75 Å². The van der Waals surface area contributed by atoms with Crippen molar-refractivity contribution in [2.24, 2.45) is 0 Å². The van der Waals surface area contributed by atoms with Crippen LogP contribution in [-0.4, -0.2) is 24.0 Å². The van der Waals surface area contributed by atoms with Crippen molar-refractivity contribution in [2.45, 2.75) is 13.0 Å². The maximum Gasteiger partial charge on any atom is 0.269 e. The highest BCUT2D eigenvalue weighted by Gasteiger charge is 2.23. The smallest absolute Gasteiger partial charge is 0.269 e. The molecule has 0 bridgehead atoms. The summed E-state index contributed by atoms with van der Waals surface area (Å²) in [6, 6.07) is 11.7. The van der Waals surface area contributed by atoms with E-state index in [1.54, 1.807) is 12.3 Å². The van der Waals surface area contributed by atoms with Gasteiger partial charge in [0.15, 0.2) is 0 Å². The Labute approximate surface area is 123 Å². The van der Waals surface area contributed by atoms with Gasteiger partial charge in [-0.15, -0.1) is 0 Å². The molecule has 0 saturated heterocycles. The highest BCUT2D eigenvalue weighted by Crippen LogP contribution is 2.33. The van der Waals surface area contributed by atoms with Crippen LogP contribution in [0.25, 0.3) is 0 Å². The van der Waals surface area contributed by atoms with Crippen molar-refractivity contribution in [1.82, 2.24) is 10.3 Å². The highest BCUT2D eigenvalue weighted by molar-refractivity contribution is 5.93. The summed E-state index contributed by atoms with van der Waals surface area (Å²) in [5.74, 6) is 0.747. The zero-order valence-electron chi connectivity index (χ0n) is 11.8. The van der Waals surface area contributed by atoms with Crippen molar-refractivity contribution < 1.29 is 9.53 Å². The minimum absolute atomic E-state index is 0.0886. The Balaban J connectivity index is 1.77. The molecule has 0 fully saturated rings. The second-order valence-corrected chi connectivity index (χ2v) is 4.83. The van der Waals surface area contributed by atoms with Gasteiger partial charge in [-0.05, 0) is 25.1 Å². The standard InChI is InChI=1S/C16H17N3O2/c1-2-17-16(20)13-9-11(7-8-18-13)19-14-10-21-15-6-4-3-5-12(14)15/h3-9,14H,2,10H2,1H3,(H,17,20)(H,18,19). The molecule has 1 unspecified atom stereocenters. The fourth-order valence-corrected chi connectivity index (χ4v) is 2.38. The topological polar surface area (TPSA) is 63.2 Å². The van der Waals surface area contributed by atoms with Crippen LogP contribution in [0.4, 0.5) is 5.69 Å². The molecule has 2 heterocycles. The van der Waals surface area contributed by atoms with Crippen LogP contribution in [0, 0.1) is 0 Å². The number of nitrogens with one attached hydrogen (secondary N) is 2. The van der Waals surface area contributed by atoms with Crippen molar-refractivity contribution >= 4 is 11.6 Å².